The van der Waals surface area contributed by atoms with Crippen molar-refractivity contribution in [2.75, 3.05) is 44.0 Å². The number of hydrogen-bond donors (Lipinski definition) is 1. The molecule has 10 heteroatoms. The summed E-state index contributed by atoms with van der Waals surface area (Å²) in [7, 11) is 0.488. The highest BCUT2D eigenvalue weighted by Gasteiger charge is 2.36. The van der Waals surface area contributed by atoms with Crippen molar-refractivity contribution in [3.8, 4) is 0 Å². The monoisotopic (exact) mass is 421 g/mol. The second-order valence-corrected chi connectivity index (χ2v) is 9.57. The first-order valence-electron chi connectivity index (χ1n) is 8.00. The van der Waals surface area contributed by atoms with Gasteiger partial charge in [0, 0.05) is 34.9 Å². The molecule has 0 bridgehead atoms. The zero-order valence-corrected chi connectivity index (χ0v) is 16.9. The molecule has 1 aliphatic heterocycles. The predicted octanol–water partition coefficient (Wildman–Crippen LogP) is 1.51. The van der Waals surface area contributed by atoms with Gasteiger partial charge in [-0.05, 0) is 38.7 Å². The maximum Gasteiger partial charge on any atom is 0.313 e. The fourth-order valence-electron chi connectivity index (χ4n) is 2.72. The van der Waals surface area contributed by atoms with Crippen molar-refractivity contribution in [2.45, 2.75) is 12.5 Å². The van der Waals surface area contributed by atoms with E-state index in [1.165, 1.54) is 23.1 Å². The van der Waals surface area contributed by atoms with Crippen molar-refractivity contribution in [3.05, 3.63) is 28.2 Å². The van der Waals surface area contributed by atoms with E-state index in [4.69, 9.17) is 23.2 Å². The number of hydrogen-bond acceptors (Lipinski definition) is 5. The van der Waals surface area contributed by atoms with Gasteiger partial charge in [0.05, 0.1) is 11.5 Å². The van der Waals surface area contributed by atoms with Gasteiger partial charge in [-0.2, -0.15) is 0 Å². The van der Waals surface area contributed by atoms with E-state index in [9.17, 15) is 18.0 Å². The van der Waals surface area contributed by atoms with Crippen molar-refractivity contribution < 1.29 is 18.0 Å². The Hall–Kier alpha value is -1.35. The summed E-state index contributed by atoms with van der Waals surface area (Å²) in [6, 6.07) is 3.96. The summed E-state index contributed by atoms with van der Waals surface area (Å²) < 4.78 is 23.5. The highest BCUT2D eigenvalue weighted by Crippen LogP contribution is 2.23. The predicted molar refractivity (Wildman–Crippen MR) is 102 cm³/mol. The van der Waals surface area contributed by atoms with E-state index in [0.717, 1.165) is 0 Å². The number of sulfone groups is 1. The Bertz CT molecular complexity index is 778. The van der Waals surface area contributed by atoms with Gasteiger partial charge in [-0.25, -0.2) is 8.42 Å². The Kier molecular flexibility index (Phi) is 6.90. The zero-order valence-electron chi connectivity index (χ0n) is 14.5. The highest BCUT2D eigenvalue weighted by molar-refractivity contribution is 7.91. The molecule has 1 atom stereocenters. The molecule has 0 radical (unpaired) electrons. The quantitative estimate of drug-likeness (QED) is 0.727. The van der Waals surface area contributed by atoms with Crippen LogP contribution in [0.1, 0.15) is 6.42 Å². The highest BCUT2D eigenvalue weighted by atomic mass is 35.5. The summed E-state index contributed by atoms with van der Waals surface area (Å²) in [6.07, 6.45) is 0.331. The third-order valence-electron chi connectivity index (χ3n) is 4.01. The van der Waals surface area contributed by atoms with Crippen molar-refractivity contribution in [3.63, 3.8) is 0 Å². The number of rotatable bonds is 5. The Labute approximate surface area is 163 Å². The minimum Gasteiger partial charge on any atom is -0.329 e. The normalized spacial score (nSPS) is 18.7. The lowest BCUT2D eigenvalue weighted by atomic mass is 10.2. The second kappa shape index (κ2) is 8.56. The number of carbonyl (C=O) groups excluding carboxylic acids is 2. The molecule has 0 aromatic heterocycles. The molecule has 0 saturated carbocycles. The third-order valence-corrected chi connectivity index (χ3v) is 6.20. The van der Waals surface area contributed by atoms with Crippen LogP contribution in [0, 0.1) is 0 Å². The van der Waals surface area contributed by atoms with Crippen LogP contribution in [0.4, 0.5) is 5.69 Å². The first kappa shape index (κ1) is 21.0. The van der Waals surface area contributed by atoms with E-state index in [0.29, 0.717) is 28.7 Å². The third kappa shape index (κ3) is 5.84. The maximum absolute atomic E-state index is 12.7. The van der Waals surface area contributed by atoms with Crippen LogP contribution in [0.25, 0.3) is 0 Å². The van der Waals surface area contributed by atoms with Crippen molar-refractivity contribution >= 4 is 50.5 Å². The number of likely N-dealkylation sites (N-methyl/N-ethyl adjacent to an activating group) is 1. The summed E-state index contributed by atoms with van der Waals surface area (Å²) in [6.45, 7) is 0.772. The van der Waals surface area contributed by atoms with Crippen LogP contribution < -0.4 is 5.32 Å². The summed E-state index contributed by atoms with van der Waals surface area (Å²) in [5, 5.41) is 3.12. The molecule has 2 amide bonds. The van der Waals surface area contributed by atoms with E-state index in [2.05, 4.69) is 5.32 Å². The lowest BCUT2D eigenvalue weighted by molar-refractivity contribution is -0.144. The topological polar surface area (TPSA) is 86.8 Å². The van der Waals surface area contributed by atoms with E-state index >= 15 is 0 Å². The van der Waals surface area contributed by atoms with E-state index in [1.54, 1.807) is 0 Å². The number of nitrogens with one attached hydrogen (secondary N) is 1. The molecule has 1 aromatic rings. The van der Waals surface area contributed by atoms with Crippen LogP contribution >= 0.6 is 23.2 Å². The molecule has 0 spiro atoms. The molecular weight excluding hydrogens is 401 g/mol. The van der Waals surface area contributed by atoms with Gasteiger partial charge in [-0.3, -0.25) is 9.59 Å². The van der Waals surface area contributed by atoms with Gasteiger partial charge in [0.2, 0.25) is 0 Å². The summed E-state index contributed by atoms with van der Waals surface area (Å²) in [5.74, 6) is -1.73. The molecule has 2 rings (SSSR count). The Morgan fingerprint density at radius 2 is 1.77 bits per heavy atom. The Balaban J connectivity index is 2.14. The first-order chi connectivity index (χ1) is 12.1. The second-order valence-electron chi connectivity index (χ2n) is 6.47. The molecule has 0 aliphatic carbocycles. The van der Waals surface area contributed by atoms with Gasteiger partial charge in [-0.1, -0.05) is 23.2 Å². The fourth-order valence-corrected chi connectivity index (χ4v) is 4.98. The van der Waals surface area contributed by atoms with Crippen LogP contribution in [-0.2, 0) is 19.4 Å². The number of benzene rings is 1. The minimum atomic E-state index is -3.18. The summed E-state index contributed by atoms with van der Waals surface area (Å²) >= 11 is 11.8. The Morgan fingerprint density at radius 1 is 1.15 bits per heavy atom. The number of nitrogens with zero attached hydrogens (tertiary/aromatic N) is 2. The SMILES string of the molecule is CN(C)CCN(C(=O)C(=O)Nc1cc(Cl)cc(Cl)c1)C1CCS(=O)(=O)C1. The van der Waals surface area contributed by atoms with E-state index < -0.39 is 27.7 Å². The largest absolute Gasteiger partial charge is 0.329 e. The maximum atomic E-state index is 12.7. The van der Waals surface area contributed by atoms with Gasteiger partial charge < -0.3 is 15.1 Å². The molecule has 1 aliphatic rings. The van der Waals surface area contributed by atoms with Gasteiger partial charge >= 0.3 is 11.8 Å². The summed E-state index contributed by atoms with van der Waals surface area (Å²) in [4.78, 5) is 28.2. The van der Waals surface area contributed by atoms with Crippen molar-refractivity contribution in [1.82, 2.24) is 9.80 Å². The van der Waals surface area contributed by atoms with E-state index in [1.807, 2.05) is 19.0 Å². The minimum absolute atomic E-state index is 0.0227. The fraction of sp³-hybridized carbons (Fsp3) is 0.500. The molecule has 7 nitrogen and oxygen atoms in total. The zero-order chi connectivity index (χ0) is 19.5. The van der Waals surface area contributed by atoms with Gasteiger partial charge in [-0.15, -0.1) is 0 Å². The number of amides is 2. The van der Waals surface area contributed by atoms with Crippen LogP contribution in [0.5, 0.6) is 0 Å². The van der Waals surface area contributed by atoms with E-state index in [-0.39, 0.29) is 18.1 Å². The van der Waals surface area contributed by atoms with Crippen molar-refractivity contribution in [1.29, 1.82) is 0 Å². The number of anilines is 1. The molecule has 1 unspecified atom stereocenters. The molecular formula is C16H21Cl2N3O4S. The average Bonchev–Trinajstić information content (AvgIpc) is 2.85. The lowest BCUT2D eigenvalue weighted by Gasteiger charge is -2.28. The summed E-state index contributed by atoms with van der Waals surface area (Å²) in [5.41, 5.74) is 0.299. The lowest BCUT2D eigenvalue weighted by Crippen LogP contribution is -2.48. The average molecular weight is 422 g/mol. The molecule has 144 valence electrons. The molecule has 1 saturated heterocycles. The van der Waals surface area contributed by atoms with Crippen LogP contribution in [0.15, 0.2) is 18.2 Å². The van der Waals surface area contributed by atoms with Crippen LogP contribution in [0.2, 0.25) is 10.0 Å². The van der Waals surface area contributed by atoms with Crippen molar-refractivity contribution in [2.24, 2.45) is 0 Å². The van der Waals surface area contributed by atoms with Gasteiger partial charge in [0.1, 0.15) is 0 Å². The molecule has 1 heterocycles. The standard InChI is InChI=1S/C16H21Cl2N3O4S/c1-20(2)4-5-21(14-3-6-26(24,25)10-14)16(23)15(22)19-13-8-11(17)7-12(18)9-13/h7-9,14H,3-6,10H2,1-2H3,(H,19,22). The molecule has 1 fully saturated rings. The van der Waals surface area contributed by atoms with Crippen LogP contribution in [-0.4, -0.2) is 74.8 Å². The van der Waals surface area contributed by atoms with Gasteiger partial charge in [0.15, 0.2) is 9.84 Å². The van der Waals surface area contributed by atoms with Gasteiger partial charge in [0.25, 0.3) is 0 Å². The Morgan fingerprint density at radius 3 is 2.27 bits per heavy atom. The van der Waals surface area contributed by atoms with Crippen LogP contribution in [0.3, 0.4) is 0 Å². The molecule has 1 aromatic carbocycles. The first-order valence-corrected chi connectivity index (χ1v) is 10.6. The number of carbonyl (C=O) groups is 2. The number of halogens is 2. The molecule has 1 N–H and O–H groups in total. The molecule has 26 heavy (non-hydrogen) atoms. The smallest absolute Gasteiger partial charge is 0.313 e.